The number of nitrogens with one attached hydrogen (secondary N) is 1. The molecule has 1 aromatic rings. The smallest absolute Gasteiger partial charge is 0.258 e. The Balaban J connectivity index is 2.83. The minimum atomic E-state index is -2.44. The molecule has 1 atom stereocenters. The fourth-order valence-electron chi connectivity index (χ4n) is 1.05. The van der Waals surface area contributed by atoms with E-state index in [1.807, 2.05) is 0 Å². The van der Waals surface area contributed by atoms with Crippen LogP contribution in [-0.2, 0) is 0 Å². The van der Waals surface area contributed by atoms with E-state index in [0.717, 1.165) is 0 Å². The summed E-state index contributed by atoms with van der Waals surface area (Å²) in [7, 11) is 1.50. The lowest BCUT2D eigenvalue weighted by Crippen LogP contribution is -2.23. The molecule has 0 spiro atoms. The Bertz CT molecular complexity index is 333. The highest BCUT2D eigenvalue weighted by Gasteiger charge is 2.15. The summed E-state index contributed by atoms with van der Waals surface area (Å²) in [6, 6.07) is 3.90. The molecule has 15 heavy (non-hydrogen) atoms. The average molecular weight is 236 g/mol. The first-order valence-electron chi connectivity index (χ1n) is 4.43. The maximum Gasteiger partial charge on any atom is 0.258 e. The number of halogens is 3. The largest absolute Gasteiger partial charge is 0.497 e. The Hall–Kier alpha value is -1.03. The van der Waals surface area contributed by atoms with Crippen molar-refractivity contribution in [1.82, 2.24) is 0 Å². The first-order valence-corrected chi connectivity index (χ1v) is 4.80. The minimum Gasteiger partial charge on any atom is -0.497 e. The molecule has 0 bridgehead atoms. The third kappa shape index (κ3) is 3.23. The van der Waals surface area contributed by atoms with Crippen LogP contribution in [0.1, 0.15) is 6.92 Å². The predicted octanol–water partition coefficient (Wildman–Crippen LogP) is 3.41. The zero-order valence-corrected chi connectivity index (χ0v) is 9.18. The van der Waals surface area contributed by atoms with Crippen molar-refractivity contribution < 1.29 is 13.5 Å². The van der Waals surface area contributed by atoms with Gasteiger partial charge in [0.1, 0.15) is 5.75 Å². The molecule has 0 aliphatic rings. The summed E-state index contributed by atoms with van der Waals surface area (Å²) in [5.74, 6) is 0.573. The van der Waals surface area contributed by atoms with E-state index in [0.29, 0.717) is 16.5 Å². The molecule has 0 heterocycles. The molecule has 1 rings (SSSR count). The SMILES string of the molecule is COc1ccc(Cl)c(NC(C)C(F)F)c1. The van der Waals surface area contributed by atoms with E-state index in [2.05, 4.69) is 5.32 Å². The van der Waals surface area contributed by atoms with Gasteiger partial charge in [-0.3, -0.25) is 0 Å². The van der Waals surface area contributed by atoms with Gasteiger partial charge in [-0.1, -0.05) is 11.6 Å². The van der Waals surface area contributed by atoms with E-state index in [-0.39, 0.29) is 0 Å². The Labute approximate surface area is 92.2 Å². The summed E-state index contributed by atoms with van der Waals surface area (Å²) in [4.78, 5) is 0. The summed E-state index contributed by atoms with van der Waals surface area (Å²) in [6.45, 7) is 1.39. The maximum absolute atomic E-state index is 12.3. The molecule has 0 radical (unpaired) electrons. The molecule has 1 aromatic carbocycles. The van der Waals surface area contributed by atoms with Crippen LogP contribution in [0.3, 0.4) is 0 Å². The molecular weight excluding hydrogens is 224 g/mol. The Morgan fingerprint density at radius 2 is 2.07 bits per heavy atom. The van der Waals surface area contributed by atoms with Crippen molar-refractivity contribution in [3.05, 3.63) is 23.2 Å². The quantitative estimate of drug-likeness (QED) is 0.864. The van der Waals surface area contributed by atoms with Gasteiger partial charge in [0.05, 0.1) is 23.9 Å². The third-order valence-electron chi connectivity index (χ3n) is 1.93. The first kappa shape index (κ1) is 12.0. The number of hydrogen-bond acceptors (Lipinski definition) is 2. The highest BCUT2D eigenvalue weighted by molar-refractivity contribution is 6.33. The van der Waals surface area contributed by atoms with Gasteiger partial charge in [0.2, 0.25) is 0 Å². The lowest BCUT2D eigenvalue weighted by atomic mass is 10.2. The molecule has 84 valence electrons. The second-order valence-electron chi connectivity index (χ2n) is 3.11. The van der Waals surface area contributed by atoms with Crippen LogP contribution in [-0.4, -0.2) is 19.6 Å². The van der Waals surface area contributed by atoms with Crippen molar-refractivity contribution in [3.8, 4) is 5.75 Å². The van der Waals surface area contributed by atoms with E-state index in [9.17, 15) is 8.78 Å². The molecule has 0 amide bonds. The summed E-state index contributed by atoms with van der Waals surface area (Å²) >= 11 is 5.84. The lowest BCUT2D eigenvalue weighted by molar-refractivity contribution is 0.130. The van der Waals surface area contributed by atoms with Crippen LogP contribution in [0.2, 0.25) is 5.02 Å². The Morgan fingerprint density at radius 1 is 1.40 bits per heavy atom. The fraction of sp³-hybridized carbons (Fsp3) is 0.400. The number of rotatable bonds is 4. The van der Waals surface area contributed by atoms with Gasteiger partial charge in [0.25, 0.3) is 6.43 Å². The molecule has 5 heteroatoms. The van der Waals surface area contributed by atoms with E-state index < -0.39 is 12.5 Å². The number of methoxy groups -OCH3 is 1. The number of hydrogen-bond donors (Lipinski definition) is 1. The summed E-state index contributed by atoms with van der Waals surface area (Å²) < 4.78 is 29.5. The molecule has 0 fully saturated rings. The zero-order valence-electron chi connectivity index (χ0n) is 8.43. The lowest BCUT2D eigenvalue weighted by Gasteiger charge is -2.15. The Morgan fingerprint density at radius 3 is 2.60 bits per heavy atom. The fourth-order valence-corrected chi connectivity index (χ4v) is 1.22. The molecule has 0 aliphatic carbocycles. The van der Waals surface area contributed by atoms with Crippen LogP contribution in [0.25, 0.3) is 0 Å². The molecule has 0 aromatic heterocycles. The van der Waals surface area contributed by atoms with Crippen LogP contribution in [0.4, 0.5) is 14.5 Å². The maximum atomic E-state index is 12.3. The number of anilines is 1. The van der Waals surface area contributed by atoms with Gasteiger partial charge in [-0.25, -0.2) is 8.78 Å². The molecule has 0 aliphatic heterocycles. The average Bonchev–Trinajstić information content (AvgIpc) is 2.21. The third-order valence-corrected chi connectivity index (χ3v) is 2.26. The van der Waals surface area contributed by atoms with Crippen molar-refractivity contribution in [2.24, 2.45) is 0 Å². The van der Waals surface area contributed by atoms with Crippen LogP contribution in [0, 0.1) is 0 Å². The number of benzene rings is 1. The predicted molar refractivity (Wildman–Crippen MR) is 57.1 cm³/mol. The van der Waals surface area contributed by atoms with Crippen molar-refractivity contribution in [2.45, 2.75) is 19.4 Å². The van der Waals surface area contributed by atoms with E-state index in [1.165, 1.54) is 14.0 Å². The monoisotopic (exact) mass is 235 g/mol. The number of alkyl halides is 2. The summed E-state index contributed by atoms with van der Waals surface area (Å²) in [5.41, 5.74) is 0.448. The van der Waals surface area contributed by atoms with Gasteiger partial charge in [0.15, 0.2) is 0 Å². The molecule has 1 unspecified atom stereocenters. The van der Waals surface area contributed by atoms with Crippen molar-refractivity contribution >= 4 is 17.3 Å². The van der Waals surface area contributed by atoms with Crippen molar-refractivity contribution in [3.63, 3.8) is 0 Å². The molecule has 1 N–H and O–H groups in total. The second-order valence-corrected chi connectivity index (χ2v) is 3.52. The highest BCUT2D eigenvalue weighted by atomic mass is 35.5. The van der Waals surface area contributed by atoms with Gasteiger partial charge in [-0.15, -0.1) is 0 Å². The van der Waals surface area contributed by atoms with Gasteiger partial charge >= 0.3 is 0 Å². The standard InChI is InChI=1S/C10H12ClF2NO/c1-6(10(12)13)14-9-5-7(15-2)3-4-8(9)11/h3-6,10,14H,1-2H3. The topological polar surface area (TPSA) is 21.3 Å². The van der Waals surface area contributed by atoms with Crippen LogP contribution >= 0.6 is 11.6 Å². The summed E-state index contributed by atoms with van der Waals surface area (Å²) in [5, 5.41) is 3.01. The normalized spacial score (nSPS) is 12.7. The first-order chi connectivity index (χ1) is 7.04. The molecule has 0 saturated heterocycles. The van der Waals surface area contributed by atoms with Crippen LogP contribution in [0.15, 0.2) is 18.2 Å². The van der Waals surface area contributed by atoms with Crippen molar-refractivity contribution in [1.29, 1.82) is 0 Å². The Kier molecular flexibility index (Phi) is 4.15. The number of ether oxygens (including phenoxy) is 1. The van der Waals surface area contributed by atoms with E-state index in [4.69, 9.17) is 16.3 Å². The van der Waals surface area contributed by atoms with Gasteiger partial charge in [-0.2, -0.15) is 0 Å². The molecule has 0 saturated carbocycles. The summed E-state index contributed by atoms with van der Waals surface area (Å²) in [6.07, 6.45) is -2.44. The molecule has 2 nitrogen and oxygen atoms in total. The van der Waals surface area contributed by atoms with Gasteiger partial charge in [-0.05, 0) is 19.1 Å². The molecular formula is C10H12ClF2NO. The van der Waals surface area contributed by atoms with Crippen LogP contribution in [0.5, 0.6) is 5.75 Å². The van der Waals surface area contributed by atoms with Crippen molar-refractivity contribution in [2.75, 3.05) is 12.4 Å². The van der Waals surface area contributed by atoms with Gasteiger partial charge < -0.3 is 10.1 Å². The van der Waals surface area contributed by atoms with Crippen LogP contribution < -0.4 is 10.1 Å². The van der Waals surface area contributed by atoms with E-state index >= 15 is 0 Å². The second kappa shape index (κ2) is 5.16. The minimum absolute atomic E-state index is 0.392. The van der Waals surface area contributed by atoms with E-state index in [1.54, 1.807) is 18.2 Å². The van der Waals surface area contributed by atoms with Gasteiger partial charge in [0, 0.05) is 6.07 Å². The highest BCUT2D eigenvalue weighted by Crippen LogP contribution is 2.27. The zero-order chi connectivity index (χ0) is 11.4.